The number of aliphatic carboxylic acids is 2. The van der Waals surface area contributed by atoms with Crippen LogP contribution in [0.2, 0.25) is 0 Å². The second-order valence-corrected chi connectivity index (χ2v) is 2.39. The number of nitrogens with zero attached hydrogens (tertiary/aromatic N) is 1. The third kappa shape index (κ3) is 4.71. The van der Waals surface area contributed by atoms with Crippen molar-refractivity contribution in [1.82, 2.24) is 5.32 Å². The van der Waals surface area contributed by atoms with Crippen LogP contribution in [0, 0.1) is 11.3 Å². The molecule has 3 N–H and O–H groups in total. The van der Waals surface area contributed by atoms with Gasteiger partial charge < -0.3 is 15.5 Å². The SMILES string of the molecule is N#CCC(=O)N[C@@H](CC(=O)O)C(=O)O. The maximum absolute atomic E-state index is 10.7. The van der Waals surface area contributed by atoms with E-state index in [-0.39, 0.29) is 0 Å². The number of nitrogens with one attached hydrogen (secondary N) is 1. The first-order valence-electron chi connectivity index (χ1n) is 3.58. The van der Waals surface area contributed by atoms with Crippen molar-refractivity contribution < 1.29 is 24.6 Å². The third-order valence-electron chi connectivity index (χ3n) is 1.25. The van der Waals surface area contributed by atoms with Crippen LogP contribution in [0.5, 0.6) is 0 Å². The molecule has 76 valence electrons. The van der Waals surface area contributed by atoms with E-state index in [0.29, 0.717) is 0 Å². The number of carbonyl (C=O) groups excluding carboxylic acids is 1. The summed E-state index contributed by atoms with van der Waals surface area (Å²) in [7, 11) is 0. The Hall–Kier alpha value is -2.10. The van der Waals surface area contributed by atoms with Crippen LogP contribution in [0.25, 0.3) is 0 Å². The average molecular weight is 200 g/mol. The van der Waals surface area contributed by atoms with Gasteiger partial charge in [-0.25, -0.2) is 4.79 Å². The summed E-state index contributed by atoms with van der Waals surface area (Å²) in [6, 6.07) is 0.0204. The fourth-order valence-corrected chi connectivity index (χ4v) is 0.692. The molecule has 0 bridgehead atoms. The molecule has 0 aliphatic rings. The molecule has 0 aromatic carbocycles. The highest BCUT2D eigenvalue weighted by molar-refractivity contribution is 5.87. The lowest BCUT2D eigenvalue weighted by Gasteiger charge is -2.10. The van der Waals surface area contributed by atoms with Gasteiger partial charge in [0.25, 0.3) is 0 Å². The molecule has 0 heterocycles. The van der Waals surface area contributed by atoms with Crippen LogP contribution in [-0.2, 0) is 14.4 Å². The lowest BCUT2D eigenvalue weighted by molar-refractivity contribution is -0.147. The van der Waals surface area contributed by atoms with Crippen LogP contribution in [0.15, 0.2) is 0 Å². The molecular formula is C7H8N2O5. The second kappa shape index (κ2) is 5.53. The van der Waals surface area contributed by atoms with Crippen molar-refractivity contribution in [3.05, 3.63) is 0 Å². The molecule has 1 amide bonds. The molecule has 0 unspecified atom stereocenters. The van der Waals surface area contributed by atoms with E-state index in [1.54, 1.807) is 0 Å². The molecule has 7 heteroatoms. The number of carboxylic acid groups (broad SMARTS) is 2. The first-order chi connectivity index (χ1) is 6.47. The van der Waals surface area contributed by atoms with E-state index >= 15 is 0 Å². The maximum atomic E-state index is 10.7. The molecule has 0 aromatic heterocycles. The fraction of sp³-hybridized carbons (Fsp3) is 0.429. The molecule has 7 nitrogen and oxygen atoms in total. The Labute approximate surface area is 78.9 Å². The van der Waals surface area contributed by atoms with Gasteiger partial charge in [-0.15, -0.1) is 0 Å². The Bertz CT molecular complexity index is 293. The van der Waals surface area contributed by atoms with Crippen molar-refractivity contribution in [2.75, 3.05) is 0 Å². The topological polar surface area (TPSA) is 127 Å². The summed E-state index contributed by atoms with van der Waals surface area (Å²) in [5, 5.41) is 26.8. The summed E-state index contributed by atoms with van der Waals surface area (Å²) in [4.78, 5) is 31.3. The smallest absolute Gasteiger partial charge is 0.326 e. The first kappa shape index (κ1) is 11.9. The van der Waals surface area contributed by atoms with Gasteiger partial charge in [0.05, 0.1) is 12.5 Å². The highest BCUT2D eigenvalue weighted by Gasteiger charge is 2.22. The first-order valence-corrected chi connectivity index (χ1v) is 3.58. The Morgan fingerprint density at radius 2 is 1.93 bits per heavy atom. The van der Waals surface area contributed by atoms with Gasteiger partial charge in [-0.05, 0) is 0 Å². The lowest BCUT2D eigenvalue weighted by Crippen LogP contribution is -2.42. The molecule has 0 saturated carbocycles. The van der Waals surface area contributed by atoms with Crippen molar-refractivity contribution in [2.24, 2.45) is 0 Å². The van der Waals surface area contributed by atoms with Crippen LogP contribution >= 0.6 is 0 Å². The van der Waals surface area contributed by atoms with Crippen molar-refractivity contribution >= 4 is 17.8 Å². The predicted octanol–water partition coefficient (Wildman–Crippen LogP) is -1.06. The number of nitriles is 1. The summed E-state index contributed by atoms with van der Waals surface area (Å²) in [5.41, 5.74) is 0. The molecule has 1 atom stereocenters. The van der Waals surface area contributed by atoms with Crippen LogP contribution in [0.1, 0.15) is 12.8 Å². The highest BCUT2D eigenvalue weighted by atomic mass is 16.4. The van der Waals surface area contributed by atoms with Gasteiger partial charge in [0.15, 0.2) is 0 Å². The van der Waals surface area contributed by atoms with Crippen molar-refractivity contribution in [3.63, 3.8) is 0 Å². The zero-order valence-corrected chi connectivity index (χ0v) is 7.06. The van der Waals surface area contributed by atoms with Gasteiger partial charge in [0.1, 0.15) is 12.5 Å². The Balaban J connectivity index is 4.24. The number of carbonyl (C=O) groups is 3. The number of amides is 1. The number of carboxylic acids is 2. The van der Waals surface area contributed by atoms with Crippen molar-refractivity contribution in [2.45, 2.75) is 18.9 Å². The quantitative estimate of drug-likeness (QED) is 0.519. The minimum atomic E-state index is -1.49. The van der Waals surface area contributed by atoms with E-state index in [0.717, 1.165) is 0 Å². The van der Waals surface area contributed by atoms with Gasteiger partial charge in [0, 0.05) is 0 Å². The van der Waals surface area contributed by atoms with E-state index in [1.165, 1.54) is 6.07 Å². The summed E-state index contributed by atoms with van der Waals surface area (Å²) in [6.45, 7) is 0. The highest BCUT2D eigenvalue weighted by Crippen LogP contribution is 1.93. The van der Waals surface area contributed by atoms with Crippen LogP contribution in [0.3, 0.4) is 0 Å². The molecule has 14 heavy (non-hydrogen) atoms. The average Bonchev–Trinajstić information content (AvgIpc) is 2.02. The second-order valence-electron chi connectivity index (χ2n) is 2.39. The largest absolute Gasteiger partial charge is 0.481 e. The van der Waals surface area contributed by atoms with E-state index < -0.39 is 36.7 Å². The summed E-state index contributed by atoms with van der Waals surface area (Å²) < 4.78 is 0. The third-order valence-corrected chi connectivity index (χ3v) is 1.25. The number of hydrogen-bond donors (Lipinski definition) is 3. The van der Waals surface area contributed by atoms with Crippen LogP contribution in [0.4, 0.5) is 0 Å². The Kier molecular flexibility index (Phi) is 4.70. The normalized spacial score (nSPS) is 11.1. The summed E-state index contributed by atoms with van der Waals surface area (Å²) >= 11 is 0. The van der Waals surface area contributed by atoms with E-state index in [1.807, 2.05) is 5.32 Å². The lowest BCUT2D eigenvalue weighted by atomic mass is 10.2. The minimum absolute atomic E-state index is 0.497. The summed E-state index contributed by atoms with van der Waals surface area (Å²) in [6.07, 6.45) is -1.21. The van der Waals surface area contributed by atoms with Gasteiger partial charge in [0.2, 0.25) is 5.91 Å². The fourth-order valence-electron chi connectivity index (χ4n) is 0.692. The van der Waals surface area contributed by atoms with Gasteiger partial charge in [-0.2, -0.15) is 5.26 Å². The monoisotopic (exact) mass is 200 g/mol. The molecule has 0 spiro atoms. The Morgan fingerprint density at radius 3 is 2.29 bits per heavy atom. The number of hydrogen-bond acceptors (Lipinski definition) is 4. The molecule has 0 aromatic rings. The zero-order chi connectivity index (χ0) is 11.1. The summed E-state index contributed by atoms with van der Waals surface area (Å²) in [5.74, 6) is -3.59. The minimum Gasteiger partial charge on any atom is -0.481 e. The molecule has 0 aliphatic carbocycles. The van der Waals surface area contributed by atoms with Gasteiger partial charge >= 0.3 is 11.9 Å². The van der Waals surface area contributed by atoms with Crippen molar-refractivity contribution in [3.8, 4) is 6.07 Å². The molecule has 0 saturated heterocycles. The van der Waals surface area contributed by atoms with E-state index in [2.05, 4.69) is 0 Å². The van der Waals surface area contributed by atoms with Crippen LogP contribution < -0.4 is 5.32 Å². The zero-order valence-electron chi connectivity index (χ0n) is 7.06. The predicted molar refractivity (Wildman–Crippen MR) is 42.0 cm³/mol. The van der Waals surface area contributed by atoms with Gasteiger partial charge in [-0.1, -0.05) is 0 Å². The maximum Gasteiger partial charge on any atom is 0.326 e. The molecule has 0 radical (unpaired) electrons. The molecule has 0 rings (SSSR count). The van der Waals surface area contributed by atoms with E-state index in [4.69, 9.17) is 15.5 Å². The molecule has 0 aliphatic heterocycles. The standard InChI is InChI=1S/C7H8N2O5/c8-2-1-5(10)9-4(7(13)14)3-6(11)12/h4H,1,3H2,(H,9,10)(H,11,12)(H,13,14)/t4-/m0/s1. The Morgan fingerprint density at radius 1 is 1.36 bits per heavy atom. The number of rotatable bonds is 5. The van der Waals surface area contributed by atoms with Gasteiger partial charge in [-0.3, -0.25) is 9.59 Å². The molecule has 0 fully saturated rings. The van der Waals surface area contributed by atoms with E-state index in [9.17, 15) is 14.4 Å². The molecular weight excluding hydrogens is 192 g/mol. The van der Waals surface area contributed by atoms with Crippen molar-refractivity contribution in [1.29, 1.82) is 5.26 Å². The van der Waals surface area contributed by atoms with Crippen LogP contribution in [-0.4, -0.2) is 34.1 Å².